The molecule has 0 aliphatic carbocycles. The number of aromatic nitrogens is 2. The fourth-order valence-electron chi connectivity index (χ4n) is 2.77. The van der Waals surface area contributed by atoms with E-state index in [-0.39, 0.29) is 28.9 Å². The Hall–Kier alpha value is -3.74. The fourth-order valence-corrected chi connectivity index (χ4v) is 2.77. The van der Waals surface area contributed by atoms with Gasteiger partial charge in [-0.2, -0.15) is 0 Å². The number of esters is 1. The van der Waals surface area contributed by atoms with E-state index in [9.17, 15) is 14.3 Å². The molecule has 1 atom stereocenters. The molecule has 0 saturated heterocycles. The number of carbonyl (C=O) groups excluding carboxylic acids is 1. The molecule has 1 heterocycles. The minimum absolute atomic E-state index is 0.0452. The highest BCUT2D eigenvalue weighted by atomic mass is 19.1. The van der Waals surface area contributed by atoms with Crippen LogP contribution in [-0.2, 0) is 4.74 Å². The average Bonchev–Trinajstić information content (AvgIpc) is 3.18. The number of nitrogens with zero attached hydrogens (tertiary/aromatic N) is 2. The number of hydrogen-bond donors (Lipinski definition) is 1. The molecule has 0 radical (unpaired) electrons. The maximum Gasteiger partial charge on any atom is 0.342 e. The molecule has 0 bridgehead atoms. The van der Waals surface area contributed by atoms with Gasteiger partial charge in [-0.25, -0.2) is 9.18 Å². The van der Waals surface area contributed by atoms with E-state index in [2.05, 4.69) is 10.2 Å². The molecule has 4 rings (SSSR count). The van der Waals surface area contributed by atoms with E-state index in [0.29, 0.717) is 5.56 Å². The van der Waals surface area contributed by atoms with E-state index >= 15 is 0 Å². The lowest BCUT2D eigenvalue weighted by molar-refractivity contribution is 0.0277. The fraction of sp³-hybridized carbons (Fsp3) is 0.0952. The number of phenolic OH excluding ortho intramolecular Hbond substituents is 1. The van der Waals surface area contributed by atoms with Gasteiger partial charge in [-0.1, -0.05) is 24.3 Å². The summed E-state index contributed by atoms with van der Waals surface area (Å²) in [5, 5.41) is 19.5. The lowest BCUT2D eigenvalue weighted by Crippen LogP contribution is -2.10. The zero-order chi connectivity index (χ0) is 19.7. The second-order valence-corrected chi connectivity index (χ2v) is 6.22. The van der Waals surface area contributed by atoms with Crippen LogP contribution >= 0.6 is 0 Å². The second kappa shape index (κ2) is 7.11. The maximum atomic E-state index is 13.0. The first-order valence-electron chi connectivity index (χ1n) is 8.53. The lowest BCUT2D eigenvalue weighted by Gasteiger charge is -2.11. The van der Waals surface area contributed by atoms with E-state index < -0.39 is 12.1 Å². The van der Waals surface area contributed by atoms with Crippen LogP contribution in [-0.4, -0.2) is 21.3 Å². The van der Waals surface area contributed by atoms with Crippen LogP contribution in [0.2, 0.25) is 0 Å². The van der Waals surface area contributed by atoms with Gasteiger partial charge in [0, 0.05) is 5.56 Å². The minimum Gasteiger partial charge on any atom is -0.507 e. The van der Waals surface area contributed by atoms with Crippen LogP contribution in [0.25, 0.3) is 22.2 Å². The number of fused-ring (bicyclic) bond motifs is 1. The van der Waals surface area contributed by atoms with Crippen molar-refractivity contribution < 1.29 is 23.4 Å². The highest BCUT2D eigenvalue weighted by Crippen LogP contribution is 2.28. The number of phenols is 1. The Morgan fingerprint density at radius 2 is 1.75 bits per heavy atom. The molecule has 7 heteroatoms. The summed E-state index contributed by atoms with van der Waals surface area (Å²) < 4.78 is 23.9. The van der Waals surface area contributed by atoms with Gasteiger partial charge in [0.05, 0.1) is 0 Å². The third-order valence-corrected chi connectivity index (χ3v) is 4.25. The number of ether oxygens (including phenoxy) is 1. The van der Waals surface area contributed by atoms with E-state index in [1.54, 1.807) is 13.0 Å². The van der Waals surface area contributed by atoms with Crippen LogP contribution in [0.4, 0.5) is 4.39 Å². The standard InChI is InChI=1S/C21H15FN2O4/c1-12(19-23-24-20(28-19)13-6-8-16(22)9-7-13)27-21(26)17-10-14-4-2-3-5-15(14)11-18(17)25/h2-12,25H,1H3/t12-/m0/s1. The summed E-state index contributed by atoms with van der Waals surface area (Å²) >= 11 is 0. The number of carbonyl (C=O) groups is 1. The smallest absolute Gasteiger partial charge is 0.342 e. The van der Waals surface area contributed by atoms with Crippen molar-refractivity contribution in [2.45, 2.75) is 13.0 Å². The summed E-state index contributed by atoms with van der Waals surface area (Å²) in [7, 11) is 0. The van der Waals surface area contributed by atoms with Crippen molar-refractivity contribution in [1.29, 1.82) is 0 Å². The molecule has 0 amide bonds. The Labute approximate surface area is 159 Å². The van der Waals surface area contributed by atoms with Crippen molar-refractivity contribution in [3.63, 3.8) is 0 Å². The molecule has 1 aromatic heterocycles. The van der Waals surface area contributed by atoms with Crippen LogP contribution in [0, 0.1) is 5.82 Å². The van der Waals surface area contributed by atoms with Gasteiger partial charge >= 0.3 is 5.97 Å². The van der Waals surface area contributed by atoms with E-state index in [0.717, 1.165) is 10.8 Å². The Morgan fingerprint density at radius 1 is 1.07 bits per heavy atom. The van der Waals surface area contributed by atoms with Gasteiger partial charge < -0.3 is 14.3 Å². The van der Waals surface area contributed by atoms with Crippen molar-refractivity contribution in [3.05, 3.63) is 77.9 Å². The monoisotopic (exact) mass is 378 g/mol. The van der Waals surface area contributed by atoms with Gasteiger partial charge in [-0.05, 0) is 54.1 Å². The van der Waals surface area contributed by atoms with Gasteiger partial charge in [0.2, 0.25) is 5.89 Å². The van der Waals surface area contributed by atoms with Crippen molar-refractivity contribution in [3.8, 4) is 17.2 Å². The van der Waals surface area contributed by atoms with Gasteiger partial charge in [-0.3, -0.25) is 0 Å². The molecule has 0 unspecified atom stereocenters. The van der Waals surface area contributed by atoms with E-state index in [4.69, 9.17) is 9.15 Å². The van der Waals surface area contributed by atoms with Crippen LogP contribution in [0.15, 0.2) is 65.1 Å². The number of rotatable bonds is 4. The van der Waals surface area contributed by atoms with E-state index in [1.165, 1.54) is 30.3 Å². The van der Waals surface area contributed by atoms with E-state index in [1.807, 2.05) is 24.3 Å². The number of halogens is 1. The molecule has 0 spiro atoms. The largest absolute Gasteiger partial charge is 0.507 e. The predicted octanol–water partition coefficient (Wildman–Crippen LogP) is 4.65. The third-order valence-electron chi connectivity index (χ3n) is 4.25. The number of benzene rings is 3. The Balaban J connectivity index is 1.54. The van der Waals surface area contributed by atoms with Crippen LogP contribution < -0.4 is 0 Å². The van der Waals surface area contributed by atoms with Crippen molar-refractivity contribution in [1.82, 2.24) is 10.2 Å². The first-order valence-corrected chi connectivity index (χ1v) is 8.53. The van der Waals surface area contributed by atoms with Gasteiger partial charge in [-0.15, -0.1) is 10.2 Å². The lowest BCUT2D eigenvalue weighted by atomic mass is 10.1. The molecule has 1 N–H and O–H groups in total. The van der Waals surface area contributed by atoms with Crippen LogP contribution in [0.5, 0.6) is 5.75 Å². The molecular weight excluding hydrogens is 363 g/mol. The molecule has 4 aromatic rings. The third kappa shape index (κ3) is 3.42. The molecule has 0 aliphatic rings. The summed E-state index contributed by atoms with van der Waals surface area (Å²) in [5.74, 6) is -0.980. The normalized spacial score (nSPS) is 12.1. The maximum absolute atomic E-state index is 13.0. The summed E-state index contributed by atoms with van der Waals surface area (Å²) in [6.45, 7) is 1.58. The zero-order valence-corrected chi connectivity index (χ0v) is 14.8. The molecule has 0 saturated carbocycles. The Kier molecular flexibility index (Phi) is 4.49. The predicted molar refractivity (Wildman–Crippen MR) is 99.1 cm³/mol. The molecule has 0 aliphatic heterocycles. The molecule has 6 nitrogen and oxygen atoms in total. The van der Waals surface area contributed by atoms with Crippen molar-refractivity contribution in [2.75, 3.05) is 0 Å². The molecule has 140 valence electrons. The minimum atomic E-state index is -0.833. The topological polar surface area (TPSA) is 85.5 Å². The molecule has 0 fully saturated rings. The summed E-state index contributed by atoms with van der Waals surface area (Å²) in [6.07, 6.45) is -0.833. The summed E-state index contributed by atoms with van der Waals surface area (Å²) in [6, 6.07) is 16.0. The number of hydrogen-bond acceptors (Lipinski definition) is 6. The number of aromatic hydroxyl groups is 1. The van der Waals surface area contributed by atoms with Crippen LogP contribution in [0.1, 0.15) is 29.3 Å². The van der Waals surface area contributed by atoms with Crippen molar-refractivity contribution >= 4 is 16.7 Å². The highest BCUT2D eigenvalue weighted by Gasteiger charge is 2.22. The van der Waals surface area contributed by atoms with Gasteiger partial charge in [0.1, 0.15) is 17.1 Å². The first-order chi connectivity index (χ1) is 13.5. The molecule has 28 heavy (non-hydrogen) atoms. The Morgan fingerprint density at radius 3 is 2.46 bits per heavy atom. The van der Waals surface area contributed by atoms with Crippen LogP contribution in [0.3, 0.4) is 0 Å². The zero-order valence-electron chi connectivity index (χ0n) is 14.8. The average molecular weight is 378 g/mol. The van der Waals surface area contributed by atoms with Crippen molar-refractivity contribution in [2.24, 2.45) is 0 Å². The molecular formula is C21H15FN2O4. The van der Waals surface area contributed by atoms with Gasteiger partial charge in [0.15, 0.2) is 6.10 Å². The summed E-state index contributed by atoms with van der Waals surface area (Å²) in [4.78, 5) is 12.5. The second-order valence-electron chi connectivity index (χ2n) is 6.22. The first kappa shape index (κ1) is 17.7. The molecule has 3 aromatic carbocycles. The summed E-state index contributed by atoms with van der Waals surface area (Å²) in [5.41, 5.74) is 0.592. The Bertz CT molecular complexity index is 1150. The van der Waals surface area contributed by atoms with Gasteiger partial charge in [0.25, 0.3) is 5.89 Å². The SMILES string of the molecule is C[C@H](OC(=O)c1cc2ccccc2cc1O)c1nnc(-c2ccc(F)cc2)o1. The quantitative estimate of drug-likeness (QED) is 0.520. The highest BCUT2D eigenvalue weighted by molar-refractivity contribution is 5.98.